The van der Waals surface area contributed by atoms with E-state index < -0.39 is 17.6 Å². The Bertz CT molecular complexity index is 1330. The molecule has 6 heteroatoms. The molecule has 3 aromatic rings. The first kappa shape index (κ1) is 21.4. The molecule has 0 spiro atoms. The fraction of sp³-hybridized carbons (Fsp3) is 0.154. The molecule has 0 amide bonds. The Morgan fingerprint density at radius 1 is 1.19 bits per heavy atom. The molecule has 0 aliphatic heterocycles. The SMILES string of the molecule is CC/C=C/c1ccc2c(c1)c(C1=CC=CCC1=O)c(C(=O)O)n2Cc1cc(F)ccc1F. The van der Waals surface area contributed by atoms with Crippen LogP contribution in [0.3, 0.4) is 0 Å². The molecule has 1 aliphatic rings. The maximum absolute atomic E-state index is 14.4. The van der Waals surface area contributed by atoms with Crippen LogP contribution >= 0.6 is 0 Å². The molecular formula is C26H21F2NO3. The van der Waals surface area contributed by atoms with Gasteiger partial charge in [-0.05, 0) is 42.3 Å². The second kappa shape index (κ2) is 8.75. The third-order valence-electron chi connectivity index (χ3n) is 5.44. The third kappa shape index (κ3) is 3.91. The summed E-state index contributed by atoms with van der Waals surface area (Å²) in [4.78, 5) is 25.1. The third-order valence-corrected chi connectivity index (χ3v) is 5.44. The second-order valence-corrected chi connectivity index (χ2v) is 7.57. The lowest BCUT2D eigenvalue weighted by Gasteiger charge is -2.12. The van der Waals surface area contributed by atoms with Crippen molar-refractivity contribution in [1.29, 1.82) is 0 Å². The number of benzene rings is 2. The summed E-state index contributed by atoms with van der Waals surface area (Å²) in [5, 5.41) is 10.7. The highest BCUT2D eigenvalue weighted by Crippen LogP contribution is 2.36. The van der Waals surface area contributed by atoms with Crippen molar-refractivity contribution in [3.05, 3.63) is 94.7 Å². The zero-order valence-electron chi connectivity index (χ0n) is 17.4. The number of rotatable bonds is 6. The van der Waals surface area contributed by atoms with Crippen LogP contribution in [-0.4, -0.2) is 21.4 Å². The lowest BCUT2D eigenvalue weighted by molar-refractivity contribution is -0.113. The van der Waals surface area contributed by atoms with Crippen LogP contribution < -0.4 is 0 Å². The molecule has 4 rings (SSSR count). The molecule has 0 saturated heterocycles. The van der Waals surface area contributed by atoms with Gasteiger partial charge in [0.15, 0.2) is 5.78 Å². The lowest BCUT2D eigenvalue weighted by atomic mass is 9.93. The normalized spacial score (nSPS) is 13.8. The largest absolute Gasteiger partial charge is 0.477 e. The Morgan fingerprint density at radius 2 is 2.00 bits per heavy atom. The van der Waals surface area contributed by atoms with Gasteiger partial charge in [-0.25, -0.2) is 13.6 Å². The molecule has 0 fully saturated rings. The van der Waals surface area contributed by atoms with Crippen molar-refractivity contribution in [2.75, 3.05) is 0 Å². The Hall–Kier alpha value is -3.80. The summed E-state index contributed by atoms with van der Waals surface area (Å²) in [5.41, 5.74) is 1.87. The standard InChI is InChI=1S/C26H21F2NO3/c1-2-3-6-16-9-12-22-20(13-16)24(19-7-4-5-8-23(19)30)25(26(31)32)29(22)15-17-14-18(27)10-11-21(17)28/h3-7,9-14H,2,8,15H2,1H3,(H,31,32)/b6-3+. The Kier molecular flexibility index (Phi) is 5.86. The summed E-state index contributed by atoms with van der Waals surface area (Å²) in [6.07, 6.45) is 9.94. The van der Waals surface area contributed by atoms with Gasteiger partial charge in [0.05, 0.1) is 6.54 Å². The monoisotopic (exact) mass is 433 g/mol. The number of aromatic nitrogens is 1. The van der Waals surface area contributed by atoms with E-state index in [9.17, 15) is 23.5 Å². The molecule has 1 aliphatic carbocycles. The molecular weight excluding hydrogens is 412 g/mol. The first-order valence-electron chi connectivity index (χ1n) is 10.3. The fourth-order valence-corrected chi connectivity index (χ4v) is 3.99. The van der Waals surface area contributed by atoms with Gasteiger partial charge in [0.2, 0.25) is 0 Å². The number of carbonyl (C=O) groups excluding carboxylic acids is 1. The van der Waals surface area contributed by atoms with Crippen LogP contribution in [-0.2, 0) is 11.3 Å². The van der Waals surface area contributed by atoms with Gasteiger partial charge < -0.3 is 9.67 Å². The number of carboxylic acid groups (broad SMARTS) is 1. The minimum atomic E-state index is -1.25. The number of aromatic carboxylic acids is 1. The first-order valence-corrected chi connectivity index (χ1v) is 10.3. The quantitative estimate of drug-likeness (QED) is 0.519. The van der Waals surface area contributed by atoms with Gasteiger partial charge in [0.25, 0.3) is 0 Å². The number of fused-ring (bicyclic) bond motifs is 1. The van der Waals surface area contributed by atoms with Crippen molar-refractivity contribution in [1.82, 2.24) is 4.57 Å². The van der Waals surface area contributed by atoms with Crippen molar-refractivity contribution in [2.24, 2.45) is 0 Å². The van der Waals surface area contributed by atoms with Crippen molar-refractivity contribution in [3.8, 4) is 0 Å². The van der Waals surface area contributed by atoms with E-state index in [1.165, 1.54) is 4.57 Å². The Labute approximate surface area is 183 Å². The zero-order valence-corrected chi connectivity index (χ0v) is 17.4. The van der Waals surface area contributed by atoms with Gasteiger partial charge in [0.1, 0.15) is 17.3 Å². The average molecular weight is 433 g/mol. The number of carboxylic acids is 1. The van der Waals surface area contributed by atoms with Crippen molar-refractivity contribution < 1.29 is 23.5 Å². The van der Waals surface area contributed by atoms with Crippen LogP contribution in [0.1, 0.15) is 46.9 Å². The van der Waals surface area contributed by atoms with Crippen molar-refractivity contribution in [2.45, 2.75) is 26.3 Å². The lowest BCUT2D eigenvalue weighted by Crippen LogP contribution is -2.14. The van der Waals surface area contributed by atoms with Crippen LogP contribution in [0.2, 0.25) is 0 Å². The number of allylic oxidation sites excluding steroid dienone is 5. The maximum atomic E-state index is 14.4. The van der Waals surface area contributed by atoms with Crippen LogP contribution in [0.25, 0.3) is 22.6 Å². The van der Waals surface area contributed by atoms with E-state index >= 15 is 0 Å². The van der Waals surface area contributed by atoms with Crippen LogP contribution in [0.4, 0.5) is 8.78 Å². The summed E-state index contributed by atoms with van der Waals surface area (Å²) in [7, 11) is 0. The molecule has 0 radical (unpaired) electrons. The Balaban J connectivity index is 2.03. The Morgan fingerprint density at radius 3 is 2.72 bits per heavy atom. The molecule has 0 atom stereocenters. The van der Waals surface area contributed by atoms with Crippen molar-refractivity contribution in [3.63, 3.8) is 0 Å². The summed E-state index contributed by atoms with van der Waals surface area (Å²) in [5.74, 6) is -2.69. The maximum Gasteiger partial charge on any atom is 0.353 e. The van der Waals surface area contributed by atoms with E-state index in [0.29, 0.717) is 22.0 Å². The first-order chi connectivity index (χ1) is 15.4. The van der Waals surface area contributed by atoms with Gasteiger partial charge in [0, 0.05) is 34.0 Å². The fourth-order valence-electron chi connectivity index (χ4n) is 3.99. The summed E-state index contributed by atoms with van der Waals surface area (Å²) in [6.45, 7) is 1.81. The number of halogens is 2. The number of nitrogens with zero attached hydrogens (tertiary/aromatic N) is 1. The number of ketones is 1. The van der Waals surface area contributed by atoms with Crippen LogP contribution in [0.15, 0.2) is 60.7 Å². The molecule has 1 heterocycles. The minimum absolute atomic E-state index is 0.0229. The topological polar surface area (TPSA) is 59.3 Å². The molecule has 162 valence electrons. The molecule has 0 unspecified atom stereocenters. The highest BCUT2D eigenvalue weighted by atomic mass is 19.1. The van der Waals surface area contributed by atoms with Gasteiger partial charge >= 0.3 is 5.97 Å². The van der Waals surface area contributed by atoms with Gasteiger partial charge in [-0.1, -0.05) is 43.4 Å². The second-order valence-electron chi connectivity index (χ2n) is 7.57. The number of hydrogen-bond donors (Lipinski definition) is 1. The summed E-state index contributed by atoms with van der Waals surface area (Å²) < 4.78 is 29.6. The molecule has 1 N–H and O–H groups in total. The van der Waals surface area contributed by atoms with E-state index in [1.807, 2.05) is 31.2 Å². The van der Waals surface area contributed by atoms with Crippen molar-refractivity contribution >= 4 is 34.3 Å². The minimum Gasteiger partial charge on any atom is -0.477 e. The highest BCUT2D eigenvalue weighted by Gasteiger charge is 2.28. The van der Waals surface area contributed by atoms with E-state index in [1.54, 1.807) is 24.3 Å². The predicted octanol–water partition coefficient (Wildman–Crippen LogP) is 6.00. The molecule has 1 aromatic heterocycles. The van der Waals surface area contributed by atoms with Crippen LogP contribution in [0, 0.1) is 11.6 Å². The van der Waals surface area contributed by atoms with E-state index in [0.717, 1.165) is 30.2 Å². The highest BCUT2D eigenvalue weighted by molar-refractivity contribution is 6.27. The summed E-state index contributed by atoms with van der Waals surface area (Å²) >= 11 is 0. The molecule has 32 heavy (non-hydrogen) atoms. The summed E-state index contributed by atoms with van der Waals surface area (Å²) in [6, 6.07) is 8.50. The number of carbonyl (C=O) groups is 2. The van der Waals surface area contributed by atoms with E-state index in [4.69, 9.17) is 0 Å². The van der Waals surface area contributed by atoms with E-state index in [-0.39, 0.29) is 30.0 Å². The predicted molar refractivity (Wildman–Crippen MR) is 120 cm³/mol. The van der Waals surface area contributed by atoms with E-state index in [2.05, 4.69) is 0 Å². The zero-order chi connectivity index (χ0) is 22.8. The number of Topliss-reactive ketones (excluding diaryl/α,β-unsaturated/α-hetero) is 1. The molecule has 2 aromatic carbocycles. The van der Waals surface area contributed by atoms with Gasteiger partial charge in [-0.3, -0.25) is 4.79 Å². The smallest absolute Gasteiger partial charge is 0.353 e. The average Bonchev–Trinajstić information content (AvgIpc) is 3.08. The van der Waals surface area contributed by atoms with Crippen LogP contribution in [0.5, 0.6) is 0 Å². The molecule has 0 bridgehead atoms. The molecule has 0 saturated carbocycles. The molecule has 4 nitrogen and oxygen atoms in total. The van der Waals surface area contributed by atoms with Gasteiger partial charge in [-0.2, -0.15) is 0 Å². The number of hydrogen-bond acceptors (Lipinski definition) is 2. The van der Waals surface area contributed by atoms with Gasteiger partial charge in [-0.15, -0.1) is 0 Å².